The Balaban J connectivity index is 1.59. The molecular weight excluding hydrogens is 326 g/mol. The van der Waals surface area contributed by atoms with Crippen molar-refractivity contribution in [2.24, 2.45) is 0 Å². The fourth-order valence-corrected chi connectivity index (χ4v) is 2.97. The molecule has 3 aromatic heterocycles. The van der Waals surface area contributed by atoms with E-state index < -0.39 is 0 Å². The van der Waals surface area contributed by atoms with Gasteiger partial charge in [-0.15, -0.1) is 11.3 Å². The van der Waals surface area contributed by atoms with Gasteiger partial charge in [-0.2, -0.15) is 9.36 Å². The van der Waals surface area contributed by atoms with E-state index in [9.17, 15) is 4.79 Å². The maximum atomic E-state index is 12.3. The van der Waals surface area contributed by atoms with Crippen LogP contribution in [-0.4, -0.2) is 24.9 Å². The standard InChI is InChI=1S/C16H13N5O2S/c1-11-4-6-12(7-5-11)14-9-13(23-17-14)10-20-16(22)21(19-18-20)15-3-2-8-24-15/h2-9H,10H2,1H3. The van der Waals surface area contributed by atoms with Crippen LogP contribution < -0.4 is 5.69 Å². The van der Waals surface area contributed by atoms with Gasteiger partial charge in [0.15, 0.2) is 5.76 Å². The van der Waals surface area contributed by atoms with Crippen LogP contribution in [0.3, 0.4) is 0 Å². The van der Waals surface area contributed by atoms with Crippen LogP contribution in [0.4, 0.5) is 0 Å². The molecule has 8 heteroatoms. The summed E-state index contributed by atoms with van der Waals surface area (Å²) < 4.78 is 7.84. The Labute approximate surface area is 140 Å². The molecule has 0 spiro atoms. The topological polar surface area (TPSA) is 78.7 Å². The molecule has 0 atom stereocenters. The minimum absolute atomic E-state index is 0.184. The molecule has 4 rings (SSSR count). The number of aromatic nitrogens is 5. The van der Waals surface area contributed by atoms with Crippen LogP contribution in [0.5, 0.6) is 0 Å². The number of nitrogens with zero attached hydrogens (tertiary/aromatic N) is 5. The maximum Gasteiger partial charge on any atom is 0.369 e. The maximum absolute atomic E-state index is 12.3. The van der Waals surface area contributed by atoms with Crippen LogP contribution in [0.1, 0.15) is 11.3 Å². The molecule has 0 fully saturated rings. The number of benzene rings is 1. The lowest BCUT2D eigenvalue weighted by atomic mass is 10.1. The van der Waals surface area contributed by atoms with Crippen LogP contribution >= 0.6 is 11.3 Å². The van der Waals surface area contributed by atoms with E-state index in [4.69, 9.17) is 4.52 Å². The summed E-state index contributed by atoms with van der Waals surface area (Å²) in [6, 6.07) is 13.5. The highest BCUT2D eigenvalue weighted by Crippen LogP contribution is 2.19. The molecular formula is C16H13N5O2S. The SMILES string of the molecule is Cc1ccc(-c2cc(Cn3nnn(-c4cccs4)c3=O)on2)cc1. The van der Waals surface area contributed by atoms with Crippen LogP contribution in [-0.2, 0) is 6.54 Å². The fourth-order valence-electron chi connectivity index (χ4n) is 2.30. The summed E-state index contributed by atoms with van der Waals surface area (Å²) in [5, 5.41) is 14.5. The van der Waals surface area contributed by atoms with Gasteiger partial charge in [0.1, 0.15) is 17.2 Å². The normalized spacial score (nSPS) is 11.0. The van der Waals surface area contributed by atoms with E-state index in [0.29, 0.717) is 5.76 Å². The highest BCUT2D eigenvalue weighted by molar-refractivity contribution is 7.12. The van der Waals surface area contributed by atoms with E-state index in [2.05, 4.69) is 15.6 Å². The molecule has 0 aliphatic heterocycles. The van der Waals surface area contributed by atoms with Gasteiger partial charge in [-0.3, -0.25) is 0 Å². The third-order valence-electron chi connectivity index (χ3n) is 3.57. The van der Waals surface area contributed by atoms with Gasteiger partial charge < -0.3 is 4.52 Å². The number of tetrazole rings is 1. The summed E-state index contributed by atoms with van der Waals surface area (Å²) in [4.78, 5) is 12.3. The van der Waals surface area contributed by atoms with E-state index in [1.165, 1.54) is 26.3 Å². The molecule has 0 radical (unpaired) electrons. The molecule has 3 heterocycles. The predicted octanol–water partition coefficient (Wildman–Crippen LogP) is 2.50. The van der Waals surface area contributed by atoms with E-state index >= 15 is 0 Å². The monoisotopic (exact) mass is 339 g/mol. The molecule has 0 amide bonds. The second-order valence-electron chi connectivity index (χ2n) is 5.33. The highest BCUT2D eigenvalue weighted by atomic mass is 32.1. The Bertz CT molecular complexity index is 1010. The lowest BCUT2D eigenvalue weighted by Gasteiger charge is -1.95. The second-order valence-corrected chi connectivity index (χ2v) is 6.25. The summed E-state index contributed by atoms with van der Waals surface area (Å²) in [5.74, 6) is 0.547. The highest BCUT2D eigenvalue weighted by Gasteiger charge is 2.13. The molecule has 0 aliphatic rings. The Morgan fingerprint density at radius 2 is 2.00 bits per heavy atom. The number of thiophene rings is 1. The quantitative estimate of drug-likeness (QED) is 0.571. The molecule has 0 unspecified atom stereocenters. The molecule has 0 aliphatic carbocycles. The van der Waals surface area contributed by atoms with Gasteiger partial charge in [0.2, 0.25) is 0 Å². The van der Waals surface area contributed by atoms with E-state index in [-0.39, 0.29) is 12.2 Å². The third-order valence-corrected chi connectivity index (χ3v) is 4.41. The molecule has 4 aromatic rings. The average Bonchev–Trinajstić information content (AvgIpc) is 3.31. The van der Waals surface area contributed by atoms with Gasteiger partial charge in [0.25, 0.3) is 0 Å². The first-order valence-corrected chi connectivity index (χ1v) is 8.18. The van der Waals surface area contributed by atoms with Crippen molar-refractivity contribution in [3.63, 3.8) is 0 Å². The van der Waals surface area contributed by atoms with Gasteiger partial charge in [-0.05, 0) is 34.9 Å². The second kappa shape index (κ2) is 5.89. The van der Waals surface area contributed by atoms with Crippen molar-refractivity contribution in [3.8, 4) is 16.3 Å². The zero-order valence-corrected chi connectivity index (χ0v) is 13.6. The Morgan fingerprint density at radius 3 is 2.75 bits per heavy atom. The summed E-state index contributed by atoms with van der Waals surface area (Å²) in [6.07, 6.45) is 0. The van der Waals surface area contributed by atoms with E-state index in [0.717, 1.165) is 16.3 Å². The summed E-state index contributed by atoms with van der Waals surface area (Å²) >= 11 is 1.42. The number of hydrogen-bond acceptors (Lipinski definition) is 6. The number of hydrogen-bond donors (Lipinski definition) is 0. The fraction of sp³-hybridized carbons (Fsp3) is 0.125. The van der Waals surface area contributed by atoms with Crippen molar-refractivity contribution < 1.29 is 4.52 Å². The first-order chi connectivity index (χ1) is 11.7. The van der Waals surface area contributed by atoms with Gasteiger partial charge in [-0.1, -0.05) is 35.0 Å². The lowest BCUT2D eigenvalue weighted by molar-refractivity contribution is 0.370. The first kappa shape index (κ1) is 14.6. The predicted molar refractivity (Wildman–Crippen MR) is 89.3 cm³/mol. The Morgan fingerprint density at radius 1 is 1.17 bits per heavy atom. The van der Waals surface area contributed by atoms with Gasteiger partial charge in [-0.25, -0.2) is 4.79 Å². The molecule has 120 valence electrons. The zero-order chi connectivity index (χ0) is 16.5. The molecule has 0 N–H and O–H groups in total. The van der Waals surface area contributed by atoms with Gasteiger partial charge in [0, 0.05) is 11.6 Å². The minimum Gasteiger partial charge on any atom is -0.359 e. The smallest absolute Gasteiger partial charge is 0.359 e. The summed E-state index contributed by atoms with van der Waals surface area (Å²) in [5.41, 5.74) is 2.55. The van der Waals surface area contributed by atoms with Crippen molar-refractivity contribution in [3.05, 3.63) is 69.7 Å². The number of rotatable bonds is 4. The van der Waals surface area contributed by atoms with Crippen molar-refractivity contribution >= 4 is 11.3 Å². The van der Waals surface area contributed by atoms with Crippen molar-refractivity contribution in [2.75, 3.05) is 0 Å². The Hall–Kier alpha value is -3.00. The molecule has 24 heavy (non-hydrogen) atoms. The third kappa shape index (κ3) is 2.67. The summed E-state index contributed by atoms with van der Waals surface area (Å²) in [6.45, 7) is 2.21. The van der Waals surface area contributed by atoms with Crippen molar-refractivity contribution in [1.82, 2.24) is 24.9 Å². The number of aryl methyl sites for hydroxylation is 1. The molecule has 7 nitrogen and oxygen atoms in total. The summed E-state index contributed by atoms with van der Waals surface area (Å²) in [7, 11) is 0. The average molecular weight is 339 g/mol. The Kier molecular flexibility index (Phi) is 3.58. The molecule has 1 aromatic carbocycles. The zero-order valence-electron chi connectivity index (χ0n) is 12.8. The van der Waals surface area contributed by atoms with Gasteiger partial charge >= 0.3 is 5.69 Å². The van der Waals surface area contributed by atoms with Crippen LogP contribution in [0.2, 0.25) is 0 Å². The van der Waals surface area contributed by atoms with Crippen LogP contribution in [0.15, 0.2) is 57.2 Å². The lowest BCUT2D eigenvalue weighted by Crippen LogP contribution is -2.24. The van der Waals surface area contributed by atoms with Crippen molar-refractivity contribution in [2.45, 2.75) is 13.5 Å². The van der Waals surface area contributed by atoms with Crippen LogP contribution in [0.25, 0.3) is 16.3 Å². The molecule has 0 bridgehead atoms. The first-order valence-electron chi connectivity index (χ1n) is 7.30. The van der Waals surface area contributed by atoms with Gasteiger partial charge in [0.05, 0.1) is 0 Å². The minimum atomic E-state index is -0.314. The van der Waals surface area contributed by atoms with E-state index in [1.54, 1.807) is 6.07 Å². The largest absolute Gasteiger partial charge is 0.369 e. The molecule has 0 saturated heterocycles. The van der Waals surface area contributed by atoms with E-state index in [1.807, 2.05) is 48.7 Å². The van der Waals surface area contributed by atoms with Crippen LogP contribution in [0, 0.1) is 6.92 Å². The van der Waals surface area contributed by atoms with Crippen molar-refractivity contribution in [1.29, 1.82) is 0 Å². The molecule has 0 saturated carbocycles.